The Labute approximate surface area is 131 Å². The molecule has 20 heavy (non-hydrogen) atoms. The predicted molar refractivity (Wildman–Crippen MR) is 85.8 cm³/mol. The first-order valence-electron chi connectivity index (χ1n) is 6.24. The molecule has 2 rings (SSSR count). The SMILES string of the molecule is CCOc1cc(CNc2cccc(Cl)c2Br)ccc1O. The van der Waals surface area contributed by atoms with Crippen molar-refractivity contribution in [3.05, 3.63) is 51.5 Å². The number of hydrogen-bond donors (Lipinski definition) is 2. The van der Waals surface area contributed by atoms with Crippen LogP contribution in [0.1, 0.15) is 12.5 Å². The number of aromatic hydroxyl groups is 1. The van der Waals surface area contributed by atoms with Gasteiger partial charge in [-0.15, -0.1) is 0 Å². The maximum absolute atomic E-state index is 9.66. The number of phenols is 1. The van der Waals surface area contributed by atoms with Crippen molar-refractivity contribution in [3.8, 4) is 11.5 Å². The Morgan fingerprint density at radius 1 is 1.30 bits per heavy atom. The molecular weight excluding hydrogens is 342 g/mol. The van der Waals surface area contributed by atoms with Crippen LogP contribution in [-0.2, 0) is 6.54 Å². The molecule has 0 unspecified atom stereocenters. The Morgan fingerprint density at radius 2 is 2.10 bits per heavy atom. The quantitative estimate of drug-likeness (QED) is 0.807. The summed E-state index contributed by atoms with van der Waals surface area (Å²) in [5.41, 5.74) is 1.93. The molecule has 0 heterocycles. The summed E-state index contributed by atoms with van der Waals surface area (Å²) in [7, 11) is 0. The third kappa shape index (κ3) is 3.58. The molecule has 0 amide bonds. The molecule has 0 atom stereocenters. The van der Waals surface area contributed by atoms with Crippen LogP contribution in [0.3, 0.4) is 0 Å². The number of nitrogens with one attached hydrogen (secondary N) is 1. The number of phenolic OH excluding ortho intramolecular Hbond substituents is 1. The van der Waals surface area contributed by atoms with E-state index in [4.69, 9.17) is 16.3 Å². The Morgan fingerprint density at radius 3 is 2.85 bits per heavy atom. The van der Waals surface area contributed by atoms with Crippen molar-refractivity contribution in [1.82, 2.24) is 0 Å². The summed E-state index contributed by atoms with van der Waals surface area (Å²) in [6.07, 6.45) is 0. The third-order valence-corrected chi connectivity index (χ3v) is 4.16. The van der Waals surface area contributed by atoms with E-state index in [2.05, 4.69) is 21.2 Å². The first-order chi connectivity index (χ1) is 9.61. The van der Waals surface area contributed by atoms with Crippen molar-refractivity contribution >= 4 is 33.2 Å². The van der Waals surface area contributed by atoms with Crippen LogP contribution in [0.25, 0.3) is 0 Å². The van der Waals surface area contributed by atoms with Crippen molar-refractivity contribution in [3.63, 3.8) is 0 Å². The Bertz CT molecular complexity index is 604. The average Bonchev–Trinajstić information content (AvgIpc) is 2.44. The topological polar surface area (TPSA) is 41.5 Å². The van der Waals surface area contributed by atoms with Gasteiger partial charge in [0, 0.05) is 6.54 Å². The molecule has 0 radical (unpaired) electrons. The molecule has 0 aromatic heterocycles. The van der Waals surface area contributed by atoms with E-state index in [1.165, 1.54) is 0 Å². The van der Waals surface area contributed by atoms with Crippen molar-refractivity contribution < 1.29 is 9.84 Å². The van der Waals surface area contributed by atoms with Gasteiger partial charge in [0.15, 0.2) is 11.5 Å². The zero-order chi connectivity index (χ0) is 14.5. The van der Waals surface area contributed by atoms with E-state index < -0.39 is 0 Å². The lowest BCUT2D eigenvalue weighted by Gasteiger charge is -2.11. The molecule has 106 valence electrons. The first kappa shape index (κ1) is 15.0. The highest BCUT2D eigenvalue weighted by atomic mass is 79.9. The second-order valence-electron chi connectivity index (χ2n) is 4.19. The molecule has 2 N–H and O–H groups in total. The standard InChI is InChI=1S/C15H15BrClNO2/c1-2-20-14-8-10(6-7-13(14)19)9-18-12-5-3-4-11(17)15(12)16/h3-8,18-19H,2,9H2,1H3. The van der Waals surface area contributed by atoms with Crippen molar-refractivity contribution in [2.75, 3.05) is 11.9 Å². The van der Waals surface area contributed by atoms with E-state index >= 15 is 0 Å². The van der Waals surface area contributed by atoms with Crippen LogP contribution in [0.4, 0.5) is 5.69 Å². The van der Waals surface area contributed by atoms with Gasteiger partial charge >= 0.3 is 0 Å². The molecule has 5 heteroatoms. The molecule has 0 saturated carbocycles. The summed E-state index contributed by atoms with van der Waals surface area (Å²) in [5, 5.41) is 13.6. The number of anilines is 1. The minimum Gasteiger partial charge on any atom is -0.504 e. The largest absolute Gasteiger partial charge is 0.504 e. The normalized spacial score (nSPS) is 10.3. The molecule has 0 aliphatic rings. The fraction of sp³-hybridized carbons (Fsp3) is 0.200. The molecule has 2 aromatic rings. The van der Waals surface area contributed by atoms with Crippen molar-refractivity contribution in [2.24, 2.45) is 0 Å². The highest BCUT2D eigenvalue weighted by Crippen LogP contribution is 2.31. The van der Waals surface area contributed by atoms with E-state index in [1.54, 1.807) is 6.07 Å². The van der Waals surface area contributed by atoms with Gasteiger partial charge in [0.05, 0.1) is 21.8 Å². The van der Waals surface area contributed by atoms with E-state index in [0.717, 1.165) is 15.7 Å². The van der Waals surface area contributed by atoms with Gasteiger partial charge in [0.2, 0.25) is 0 Å². The first-order valence-corrected chi connectivity index (χ1v) is 7.41. The predicted octanol–water partition coefficient (Wildman–Crippen LogP) is 4.82. The maximum atomic E-state index is 9.66. The summed E-state index contributed by atoms with van der Waals surface area (Å²) < 4.78 is 6.20. The van der Waals surface area contributed by atoms with Crippen molar-refractivity contribution in [2.45, 2.75) is 13.5 Å². The highest BCUT2D eigenvalue weighted by Gasteiger charge is 2.06. The lowest BCUT2D eigenvalue weighted by molar-refractivity contribution is 0.318. The summed E-state index contributed by atoms with van der Waals surface area (Å²) in [6, 6.07) is 11.0. The van der Waals surface area contributed by atoms with E-state index in [1.807, 2.05) is 37.3 Å². The van der Waals surface area contributed by atoms with Gasteiger partial charge in [-0.1, -0.05) is 23.7 Å². The lowest BCUT2D eigenvalue weighted by Crippen LogP contribution is -2.01. The number of benzene rings is 2. The Balaban J connectivity index is 2.11. The second kappa shape index (κ2) is 6.86. The molecule has 0 bridgehead atoms. The van der Waals surface area contributed by atoms with Crippen molar-refractivity contribution in [1.29, 1.82) is 0 Å². The lowest BCUT2D eigenvalue weighted by atomic mass is 10.2. The van der Waals surface area contributed by atoms with E-state index in [-0.39, 0.29) is 5.75 Å². The number of halogens is 2. The average molecular weight is 357 g/mol. The van der Waals surface area contributed by atoms with Crippen LogP contribution in [0, 0.1) is 0 Å². The van der Waals surface area contributed by atoms with Crippen LogP contribution in [0.5, 0.6) is 11.5 Å². The van der Waals surface area contributed by atoms with Gasteiger partial charge in [0.1, 0.15) is 0 Å². The number of hydrogen-bond acceptors (Lipinski definition) is 3. The molecule has 0 aliphatic heterocycles. The third-order valence-electron chi connectivity index (χ3n) is 2.76. The molecule has 0 fully saturated rings. The molecule has 0 saturated heterocycles. The fourth-order valence-corrected chi connectivity index (χ4v) is 2.36. The maximum Gasteiger partial charge on any atom is 0.161 e. The van der Waals surface area contributed by atoms with Gasteiger partial charge in [0.25, 0.3) is 0 Å². The zero-order valence-corrected chi connectivity index (χ0v) is 13.3. The zero-order valence-electron chi connectivity index (χ0n) is 11.0. The second-order valence-corrected chi connectivity index (χ2v) is 5.39. The van der Waals surface area contributed by atoms with Gasteiger partial charge in [-0.25, -0.2) is 0 Å². The highest BCUT2D eigenvalue weighted by molar-refractivity contribution is 9.10. The minimum atomic E-state index is 0.152. The van der Waals surface area contributed by atoms with E-state index in [0.29, 0.717) is 23.9 Å². The van der Waals surface area contributed by atoms with Gasteiger partial charge < -0.3 is 15.2 Å². The summed E-state index contributed by atoms with van der Waals surface area (Å²) >= 11 is 9.49. The number of rotatable bonds is 5. The van der Waals surface area contributed by atoms with E-state index in [9.17, 15) is 5.11 Å². The summed E-state index contributed by atoms with van der Waals surface area (Å²) in [5.74, 6) is 0.650. The molecular formula is C15H15BrClNO2. The Kier molecular flexibility index (Phi) is 5.15. The van der Waals surface area contributed by atoms with Gasteiger partial charge in [-0.05, 0) is 52.7 Å². The minimum absolute atomic E-state index is 0.152. The van der Waals surface area contributed by atoms with Crippen LogP contribution in [0.2, 0.25) is 5.02 Å². The summed E-state index contributed by atoms with van der Waals surface area (Å²) in [6.45, 7) is 3.01. The van der Waals surface area contributed by atoms with Crippen LogP contribution in [0.15, 0.2) is 40.9 Å². The van der Waals surface area contributed by atoms with Crippen LogP contribution >= 0.6 is 27.5 Å². The Hall–Kier alpha value is -1.39. The molecule has 2 aromatic carbocycles. The molecule has 3 nitrogen and oxygen atoms in total. The molecule has 0 spiro atoms. The molecule has 0 aliphatic carbocycles. The van der Waals surface area contributed by atoms with Gasteiger partial charge in [-0.3, -0.25) is 0 Å². The number of ether oxygens (including phenoxy) is 1. The monoisotopic (exact) mass is 355 g/mol. The van der Waals surface area contributed by atoms with Crippen LogP contribution in [-0.4, -0.2) is 11.7 Å². The van der Waals surface area contributed by atoms with Gasteiger partial charge in [-0.2, -0.15) is 0 Å². The van der Waals surface area contributed by atoms with Crippen LogP contribution < -0.4 is 10.1 Å². The fourth-order valence-electron chi connectivity index (χ4n) is 1.78. The smallest absolute Gasteiger partial charge is 0.161 e. The summed E-state index contributed by atoms with van der Waals surface area (Å²) in [4.78, 5) is 0.